The normalized spacial score (nSPS) is 18.7. The summed E-state index contributed by atoms with van der Waals surface area (Å²) < 4.78 is 2.24. The van der Waals surface area contributed by atoms with Crippen LogP contribution < -0.4 is 5.73 Å². The van der Waals surface area contributed by atoms with Crippen molar-refractivity contribution in [2.45, 2.75) is 44.7 Å². The van der Waals surface area contributed by atoms with E-state index >= 15 is 0 Å². The molecule has 1 saturated carbocycles. The molecule has 0 radical (unpaired) electrons. The van der Waals surface area contributed by atoms with Gasteiger partial charge >= 0.3 is 0 Å². The highest BCUT2D eigenvalue weighted by atomic mass is 15.1. The lowest BCUT2D eigenvalue weighted by atomic mass is 9.91. The van der Waals surface area contributed by atoms with E-state index in [0.29, 0.717) is 6.04 Å². The minimum Gasteiger partial charge on any atom is -0.330 e. The molecule has 72 valence electrons. The van der Waals surface area contributed by atoms with Gasteiger partial charge in [-0.25, -0.2) is 4.98 Å². The summed E-state index contributed by atoms with van der Waals surface area (Å²) in [6, 6.07) is 0.653. The molecule has 2 N–H and O–H groups in total. The Bertz CT molecular complexity index is 291. The van der Waals surface area contributed by atoms with Crippen LogP contribution in [-0.4, -0.2) is 9.55 Å². The molecule has 1 aliphatic rings. The summed E-state index contributed by atoms with van der Waals surface area (Å²) in [6.45, 7) is 4.05. The second-order valence-corrected chi connectivity index (χ2v) is 4.49. The molecule has 0 amide bonds. The van der Waals surface area contributed by atoms with E-state index in [2.05, 4.69) is 9.55 Å². The smallest absolute Gasteiger partial charge is 0.0951 e. The van der Waals surface area contributed by atoms with Crippen LogP contribution in [0.4, 0.5) is 0 Å². The van der Waals surface area contributed by atoms with Gasteiger partial charge in [0.1, 0.15) is 0 Å². The Kier molecular flexibility index (Phi) is 1.91. The molecule has 1 heterocycles. The lowest BCUT2D eigenvalue weighted by Gasteiger charge is -2.31. The molecule has 0 atom stereocenters. The van der Waals surface area contributed by atoms with Crippen LogP contribution in [0, 0.1) is 0 Å². The van der Waals surface area contributed by atoms with Gasteiger partial charge in [-0.05, 0) is 33.1 Å². The first kappa shape index (κ1) is 8.75. The van der Waals surface area contributed by atoms with Crippen LogP contribution in [0.5, 0.6) is 0 Å². The van der Waals surface area contributed by atoms with E-state index < -0.39 is 0 Å². The number of aromatic nitrogens is 2. The molecule has 3 heteroatoms. The Morgan fingerprint density at radius 1 is 1.54 bits per heavy atom. The average Bonchev–Trinajstić information content (AvgIpc) is 2.29. The van der Waals surface area contributed by atoms with Gasteiger partial charge in [-0.15, -0.1) is 0 Å². The first-order valence-electron chi connectivity index (χ1n) is 4.90. The molecule has 0 bridgehead atoms. The van der Waals surface area contributed by atoms with Gasteiger partial charge < -0.3 is 10.3 Å². The number of hydrogen-bond acceptors (Lipinski definition) is 2. The zero-order valence-electron chi connectivity index (χ0n) is 8.33. The van der Waals surface area contributed by atoms with Gasteiger partial charge in [-0.3, -0.25) is 0 Å². The minimum atomic E-state index is -0.272. The Morgan fingerprint density at radius 2 is 2.23 bits per heavy atom. The van der Waals surface area contributed by atoms with Crippen molar-refractivity contribution in [1.29, 1.82) is 0 Å². The molecule has 3 nitrogen and oxygen atoms in total. The Labute approximate surface area is 79.0 Å². The molecule has 1 aromatic heterocycles. The minimum absolute atomic E-state index is 0.272. The molecule has 0 unspecified atom stereocenters. The third kappa shape index (κ3) is 1.48. The number of imidazole rings is 1. The predicted molar refractivity (Wildman–Crippen MR) is 52.3 cm³/mol. The van der Waals surface area contributed by atoms with Gasteiger partial charge in [-0.2, -0.15) is 0 Å². The van der Waals surface area contributed by atoms with Gasteiger partial charge in [0.15, 0.2) is 0 Å². The molecular formula is C10H17N3. The van der Waals surface area contributed by atoms with Gasteiger partial charge in [-0.1, -0.05) is 0 Å². The van der Waals surface area contributed by atoms with E-state index in [1.165, 1.54) is 19.3 Å². The zero-order chi connectivity index (χ0) is 9.47. The zero-order valence-corrected chi connectivity index (χ0v) is 8.33. The molecule has 1 aliphatic carbocycles. The van der Waals surface area contributed by atoms with Crippen molar-refractivity contribution >= 4 is 0 Å². The van der Waals surface area contributed by atoms with E-state index in [1.54, 1.807) is 0 Å². The number of nitrogens with two attached hydrogens (primary N) is 1. The SMILES string of the molecule is CC(C)(N)c1cncn1C1CCC1. The first-order chi connectivity index (χ1) is 6.09. The van der Waals surface area contributed by atoms with Crippen molar-refractivity contribution < 1.29 is 0 Å². The van der Waals surface area contributed by atoms with Crippen molar-refractivity contribution in [1.82, 2.24) is 9.55 Å². The molecule has 0 aromatic carbocycles. The number of rotatable bonds is 2. The Morgan fingerprint density at radius 3 is 2.69 bits per heavy atom. The third-order valence-corrected chi connectivity index (χ3v) is 2.79. The van der Waals surface area contributed by atoms with E-state index in [0.717, 1.165) is 5.69 Å². The Hall–Kier alpha value is -0.830. The quantitative estimate of drug-likeness (QED) is 0.752. The average molecular weight is 179 g/mol. The summed E-state index contributed by atoms with van der Waals surface area (Å²) in [5.41, 5.74) is 6.94. The summed E-state index contributed by atoms with van der Waals surface area (Å²) in [5.74, 6) is 0. The van der Waals surface area contributed by atoms with Crippen molar-refractivity contribution in [2.24, 2.45) is 5.73 Å². The lowest BCUT2D eigenvalue weighted by Crippen LogP contribution is -2.33. The molecular weight excluding hydrogens is 162 g/mol. The summed E-state index contributed by atoms with van der Waals surface area (Å²) in [4.78, 5) is 4.17. The van der Waals surface area contributed by atoms with Gasteiger partial charge in [0, 0.05) is 12.2 Å². The van der Waals surface area contributed by atoms with E-state index in [-0.39, 0.29) is 5.54 Å². The third-order valence-electron chi connectivity index (χ3n) is 2.79. The van der Waals surface area contributed by atoms with Gasteiger partial charge in [0.05, 0.1) is 17.6 Å². The highest BCUT2D eigenvalue weighted by Crippen LogP contribution is 2.34. The second-order valence-electron chi connectivity index (χ2n) is 4.49. The second kappa shape index (κ2) is 2.84. The topological polar surface area (TPSA) is 43.8 Å². The van der Waals surface area contributed by atoms with Crippen molar-refractivity contribution in [3.63, 3.8) is 0 Å². The highest BCUT2D eigenvalue weighted by molar-refractivity contribution is 5.11. The van der Waals surface area contributed by atoms with Gasteiger partial charge in [0.2, 0.25) is 0 Å². The number of nitrogens with zero attached hydrogens (tertiary/aromatic N) is 2. The molecule has 13 heavy (non-hydrogen) atoms. The summed E-state index contributed by atoms with van der Waals surface area (Å²) in [6.07, 6.45) is 7.69. The first-order valence-corrected chi connectivity index (χ1v) is 4.90. The monoisotopic (exact) mass is 179 g/mol. The van der Waals surface area contributed by atoms with E-state index in [9.17, 15) is 0 Å². The molecule has 0 spiro atoms. The summed E-state index contributed by atoms with van der Waals surface area (Å²) >= 11 is 0. The van der Waals surface area contributed by atoms with Crippen LogP contribution >= 0.6 is 0 Å². The summed E-state index contributed by atoms with van der Waals surface area (Å²) in [7, 11) is 0. The van der Waals surface area contributed by atoms with Crippen LogP contribution in [-0.2, 0) is 5.54 Å². The van der Waals surface area contributed by atoms with Crippen molar-refractivity contribution in [2.75, 3.05) is 0 Å². The molecule has 0 aliphatic heterocycles. The largest absolute Gasteiger partial charge is 0.330 e. The fraction of sp³-hybridized carbons (Fsp3) is 0.700. The maximum absolute atomic E-state index is 6.06. The van der Waals surface area contributed by atoms with Crippen LogP contribution in [0.3, 0.4) is 0 Å². The van der Waals surface area contributed by atoms with E-state index in [1.807, 2.05) is 26.4 Å². The highest BCUT2D eigenvalue weighted by Gasteiger charge is 2.26. The fourth-order valence-electron chi connectivity index (χ4n) is 1.76. The maximum Gasteiger partial charge on any atom is 0.0951 e. The molecule has 1 aromatic rings. The van der Waals surface area contributed by atoms with Crippen LogP contribution in [0.1, 0.15) is 44.8 Å². The summed E-state index contributed by atoms with van der Waals surface area (Å²) in [5, 5.41) is 0. The standard InChI is InChI=1S/C10H17N3/c1-10(2,11)9-6-12-7-13(9)8-4-3-5-8/h6-8H,3-5,11H2,1-2H3. The molecule has 0 saturated heterocycles. The van der Waals surface area contributed by atoms with Crippen LogP contribution in [0.15, 0.2) is 12.5 Å². The Balaban J connectivity index is 2.30. The van der Waals surface area contributed by atoms with Crippen LogP contribution in [0.2, 0.25) is 0 Å². The van der Waals surface area contributed by atoms with E-state index in [4.69, 9.17) is 5.73 Å². The van der Waals surface area contributed by atoms with Gasteiger partial charge in [0.25, 0.3) is 0 Å². The van der Waals surface area contributed by atoms with Crippen LogP contribution in [0.25, 0.3) is 0 Å². The van der Waals surface area contributed by atoms with Crippen molar-refractivity contribution in [3.8, 4) is 0 Å². The fourth-order valence-corrected chi connectivity index (χ4v) is 1.76. The predicted octanol–water partition coefficient (Wildman–Crippen LogP) is 1.80. The molecule has 1 fully saturated rings. The number of hydrogen-bond donors (Lipinski definition) is 1. The van der Waals surface area contributed by atoms with Crippen molar-refractivity contribution in [3.05, 3.63) is 18.2 Å². The maximum atomic E-state index is 6.06. The molecule has 2 rings (SSSR count). The lowest BCUT2D eigenvalue weighted by molar-refractivity contribution is 0.294.